The number of methoxy groups -OCH3 is 1. The van der Waals surface area contributed by atoms with Crippen LogP contribution in [0.15, 0.2) is 54.9 Å². The molecule has 2 N–H and O–H groups in total. The average Bonchev–Trinajstić information content (AvgIpc) is 3.33. The monoisotopic (exact) mass is 366 g/mol. The summed E-state index contributed by atoms with van der Waals surface area (Å²) >= 11 is 0. The number of nitrogens with zero attached hydrogens (tertiary/aromatic N) is 2. The first-order chi connectivity index (χ1) is 13.2. The first kappa shape index (κ1) is 17.1. The molecule has 0 saturated carbocycles. The summed E-state index contributed by atoms with van der Waals surface area (Å²) in [6.45, 7) is 0.596. The van der Waals surface area contributed by atoms with Crippen LogP contribution >= 0.6 is 0 Å². The number of amides is 1. The second-order valence-electron chi connectivity index (χ2n) is 6.33. The fourth-order valence-electron chi connectivity index (χ4n) is 3.33. The minimum Gasteiger partial charge on any atom is -0.492 e. The Morgan fingerprint density at radius 2 is 2.04 bits per heavy atom. The Bertz CT molecular complexity index is 941. The first-order valence-electron chi connectivity index (χ1n) is 8.67. The molecule has 0 unspecified atom stereocenters. The molecular formula is C20H19FN4O2. The molecule has 2 heterocycles. The van der Waals surface area contributed by atoms with Gasteiger partial charge in [-0.25, -0.2) is 4.39 Å². The molecule has 1 aliphatic rings. The maximum atomic E-state index is 13.9. The number of carbonyl (C=O) groups excluding carboxylic acids is 1. The van der Waals surface area contributed by atoms with Crippen LogP contribution in [0.4, 0.5) is 15.8 Å². The van der Waals surface area contributed by atoms with E-state index in [2.05, 4.69) is 15.5 Å². The molecule has 1 atom stereocenters. The number of rotatable bonds is 5. The maximum Gasteiger partial charge on any atom is 0.249 e. The van der Waals surface area contributed by atoms with Crippen LogP contribution in [0.1, 0.15) is 6.42 Å². The molecule has 6 nitrogen and oxygen atoms in total. The first-order valence-corrected chi connectivity index (χ1v) is 8.67. The van der Waals surface area contributed by atoms with Crippen molar-refractivity contribution in [1.29, 1.82) is 0 Å². The zero-order valence-electron chi connectivity index (χ0n) is 14.8. The second-order valence-corrected chi connectivity index (χ2v) is 6.33. The molecule has 0 aliphatic carbocycles. The van der Waals surface area contributed by atoms with Crippen molar-refractivity contribution in [2.24, 2.45) is 0 Å². The predicted molar refractivity (Wildman–Crippen MR) is 101 cm³/mol. The quantitative estimate of drug-likeness (QED) is 0.726. The van der Waals surface area contributed by atoms with Gasteiger partial charge in [-0.15, -0.1) is 0 Å². The van der Waals surface area contributed by atoms with E-state index < -0.39 is 11.9 Å². The zero-order valence-corrected chi connectivity index (χ0v) is 14.8. The molecular weight excluding hydrogens is 347 g/mol. The van der Waals surface area contributed by atoms with Gasteiger partial charge in [-0.05, 0) is 36.2 Å². The van der Waals surface area contributed by atoms with Gasteiger partial charge in [0.2, 0.25) is 5.91 Å². The van der Waals surface area contributed by atoms with Crippen molar-refractivity contribution in [3.05, 3.63) is 60.7 Å². The molecule has 0 radical (unpaired) electrons. The number of H-pyrrole nitrogens is 1. The number of aromatic nitrogens is 2. The van der Waals surface area contributed by atoms with E-state index in [0.29, 0.717) is 18.7 Å². The highest BCUT2D eigenvalue weighted by molar-refractivity contribution is 6.01. The third-order valence-electron chi connectivity index (χ3n) is 4.72. The summed E-state index contributed by atoms with van der Waals surface area (Å²) in [5.41, 5.74) is 3.33. The lowest BCUT2D eigenvalue weighted by Gasteiger charge is -2.19. The molecule has 1 saturated heterocycles. The highest BCUT2D eigenvalue weighted by Crippen LogP contribution is 2.31. The van der Waals surface area contributed by atoms with Gasteiger partial charge in [0, 0.05) is 24.0 Å². The number of hydrogen-bond acceptors (Lipinski definition) is 4. The minimum atomic E-state index is -0.459. The van der Waals surface area contributed by atoms with Crippen molar-refractivity contribution in [3.8, 4) is 16.9 Å². The van der Waals surface area contributed by atoms with E-state index in [-0.39, 0.29) is 11.7 Å². The Kier molecular flexibility index (Phi) is 4.50. The summed E-state index contributed by atoms with van der Waals surface area (Å²) < 4.78 is 19.0. The van der Waals surface area contributed by atoms with Crippen molar-refractivity contribution < 1.29 is 13.9 Å². The van der Waals surface area contributed by atoms with Crippen molar-refractivity contribution >= 4 is 17.3 Å². The Morgan fingerprint density at radius 1 is 1.22 bits per heavy atom. The number of aromatic amines is 1. The molecule has 1 amide bonds. The molecule has 138 valence electrons. The van der Waals surface area contributed by atoms with Gasteiger partial charge in [0.15, 0.2) is 11.6 Å². The van der Waals surface area contributed by atoms with E-state index >= 15 is 0 Å². The molecule has 0 bridgehead atoms. The molecule has 2 aromatic carbocycles. The van der Waals surface area contributed by atoms with Crippen molar-refractivity contribution in [1.82, 2.24) is 10.2 Å². The zero-order chi connectivity index (χ0) is 18.8. The van der Waals surface area contributed by atoms with E-state index in [4.69, 9.17) is 4.74 Å². The predicted octanol–water partition coefficient (Wildman–Crippen LogP) is 3.44. The van der Waals surface area contributed by atoms with Crippen molar-refractivity contribution in [2.75, 3.05) is 23.9 Å². The number of anilines is 2. The Labute approximate surface area is 156 Å². The fraction of sp³-hybridized carbons (Fsp3) is 0.200. The van der Waals surface area contributed by atoms with E-state index in [1.165, 1.54) is 13.2 Å². The second kappa shape index (κ2) is 7.11. The number of benzene rings is 2. The molecule has 7 heteroatoms. The molecule has 27 heavy (non-hydrogen) atoms. The Morgan fingerprint density at radius 3 is 2.74 bits per heavy atom. The number of nitrogens with one attached hydrogen (secondary N) is 2. The van der Waals surface area contributed by atoms with Crippen LogP contribution in [0, 0.1) is 5.82 Å². The number of carbonyl (C=O) groups is 1. The normalized spacial score (nSPS) is 16.6. The third kappa shape index (κ3) is 3.23. The number of para-hydroxylation sites is 1. The van der Waals surface area contributed by atoms with Gasteiger partial charge in [-0.3, -0.25) is 9.89 Å². The van der Waals surface area contributed by atoms with Crippen LogP contribution in [-0.2, 0) is 4.79 Å². The van der Waals surface area contributed by atoms with Crippen LogP contribution in [-0.4, -0.2) is 35.8 Å². The SMILES string of the molecule is COc1c(F)cccc1N[C@H]1CCN(c2ccc(-c3cn[nH]c3)cc2)C1=O. The fourth-order valence-corrected chi connectivity index (χ4v) is 3.33. The van der Waals surface area contributed by atoms with Crippen LogP contribution in [0.25, 0.3) is 11.1 Å². The lowest BCUT2D eigenvalue weighted by atomic mass is 10.1. The summed E-state index contributed by atoms with van der Waals surface area (Å²) in [6.07, 6.45) is 4.20. The lowest BCUT2D eigenvalue weighted by molar-refractivity contribution is -0.117. The highest BCUT2D eigenvalue weighted by atomic mass is 19.1. The number of halogens is 1. The van der Waals surface area contributed by atoms with Gasteiger partial charge in [-0.1, -0.05) is 18.2 Å². The van der Waals surface area contributed by atoms with Crippen molar-refractivity contribution in [2.45, 2.75) is 12.5 Å². The lowest BCUT2D eigenvalue weighted by Crippen LogP contribution is -2.33. The molecule has 1 aliphatic heterocycles. The topological polar surface area (TPSA) is 70.2 Å². The molecule has 3 aromatic rings. The van der Waals surface area contributed by atoms with Gasteiger partial charge in [0.05, 0.1) is 19.0 Å². The average molecular weight is 366 g/mol. The van der Waals surface area contributed by atoms with Crippen LogP contribution in [0.5, 0.6) is 5.75 Å². The van der Waals surface area contributed by atoms with Gasteiger partial charge in [-0.2, -0.15) is 5.10 Å². The summed E-state index contributed by atoms with van der Waals surface area (Å²) in [4.78, 5) is 14.6. The van der Waals surface area contributed by atoms with Gasteiger partial charge in [0.1, 0.15) is 6.04 Å². The Balaban J connectivity index is 1.50. The van der Waals surface area contributed by atoms with E-state index in [1.807, 2.05) is 30.5 Å². The molecule has 0 spiro atoms. The van der Waals surface area contributed by atoms with Gasteiger partial charge >= 0.3 is 0 Å². The standard InChI is InChI=1S/C20H19FN4O2/c1-27-19-16(21)3-2-4-17(19)24-18-9-10-25(20(18)26)15-7-5-13(6-8-15)14-11-22-23-12-14/h2-8,11-12,18,24H,9-10H2,1H3,(H,22,23)/t18-/m0/s1. The van der Waals surface area contributed by atoms with Crippen LogP contribution in [0.2, 0.25) is 0 Å². The van der Waals surface area contributed by atoms with Gasteiger partial charge in [0.25, 0.3) is 0 Å². The van der Waals surface area contributed by atoms with Gasteiger partial charge < -0.3 is 15.0 Å². The molecule has 4 rings (SSSR count). The van der Waals surface area contributed by atoms with Crippen LogP contribution in [0.3, 0.4) is 0 Å². The smallest absolute Gasteiger partial charge is 0.249 e. The highest BCUT2D eigenvalue weighted by Gasteiger charge is 2.33. The summed E-state index contributed by atoms with van der Waals surface area (Å²) in [7, 11) is 1.41. The minimum absolute atomic E-state index is 0.0441. The summed E-state index contributed by atoms with van der Waals surface area (Å²) in [5, 5.41) is 9.85. The van der Waals surface area contributed by atoms with Crippen molar-refractivity contribution in [3.63, 3.8) is 0 Å². The summed E-state index contributed by atoms with van der Waals surface area (Å²) in [6, 6.07) is 12.0. The van der Waals surface area contributed by atoms with E-state index in [9.17, 15) is 9.18 Å². The molecule has 1 aromatic heterocycles. The maximum absolute atomic E-state index is 13.9. The van der Waals surface area contributed by atoms with E-state index in [1.54, 1.807) is 23.2 Å². The summed E-state index contributed by atoms with van der Waals surface area (Å²) in [5.74, 6) is -0.384. The third-order valence-corrected chi connectivity index (χ3v) is 4.72. The largest absolute Gasteiger partial charge is 0.492 e. The van der Waals surface area contributed by atoms with Crippen LogP contribution < -0.4 is 15.0 Å². The Hall–Kier alpha value is -3.35. The molecule has 1 fully saturated rings. The number of hydrogen-bond donors (Lipinski definition) is 2. The number of ether oxygens (including phenoxy) is 1. The van der Waals surface area contributed by atoms with E-state index in [0.717, 1.165) is 16.8 Å².